The quantitative estimate of drug-likeness (QED) is 0.581. The predicted octanol–water partition coefficient (Wildman–Crippen LogP) is 1.28. The average Bonchev–Trinajstić information content (AvgIpc) is 2.39. The third-order valence-corrected chi connectivity index (χ3v) is 2.39. The van der Waals surface area contributed by atoms with Crippen molar-refractivity contribution >= 4 is 17.5 Å². The highest BCUT2D eigenvalue weighted by atomic mass is 19.4. The number of hydrogen-bond donors (Lipinski definition) is 3. The molecule has 0 heterocycles. The molecule has 5 nitrogen and oxygen atoms in total. The molecule has 116 valence electrons. The van der Waals surface area contributed by atoms with Crippen LogP contribution in [-0.4, -0.2) is 29.6 Å². The number of carbonyl (C=O) groups excluding carboxylic acids is 2. The molecule has 0 fully saturated rings. The Bertz CT molecular complexity index is 546. The van der Waals surface area contributed by atoms with Gasteiger partial charge in [-0.3, -0.25) is 9.59 Å². The van der Waals surface area contributed by atoms with Crippen LogP contribution in [0.1, 0.15) is 12.5 Å². The zero-order valence-corrected chi connectivity index (χ0v) is 10.8. The van der Waals surface area contributed by atoms with E-state index in [0.29, 0.717) is 12.1 Å². The molecule has 9 heteroatoms. The molecule has 3 N–H and O–H groups in total. The molecule has 0 bridgehead atoms. The van der Waals surface area contributed by atoms with Crippen molar-refractivity contribution in [3.8, 4) is 0 Å². The lowest BCUT2D eigenvalue weighted by atomic mass is 10.2. The molecule has 1 aromatic rings. The van der Waals surface area contributed by atoms with E-state index in [2.05, 4.69) is 5.32 Å². The van der Waals surface area contributed by atoms with Crippen LogP contribution < -0.4 is 10.6 Å². The van der Waals surface area contributed by atoms with Gasteiger partial charge in [0.05, 0.1) is 12.2 Å². The number of amides is 2. The normalized spacial score (nSPS) is 12.7. The number of benzene rings is 1. The van der Waals surface area contributed by atoms with Gasteiger partial charge in [0, 0.05) is 11.7 Å². The molecule has 0 saturated heterocycles. The van der Waals surface area contributed by atoms with Crippen molar-refractivity contribution in [2.75, 3.05) is 11.9 Å². The minimum atomic E-state index is -4.92. The molecular weight excluding hydrogens is 296 g/mol. The molecule has 0 aliphatic rings. The Morgan fingerprint density at radius 1 is 1.29 bits per heavy atom. The maximum atomic E-state index is 13.0. The van der Waals surface area contributed by atoms with Crippen LogP contribution in [0.4, 0.5) is 23.2 Å². The van der Waals surface area contributed by atoms with E-state index in [1.165, 1.54) is 6.92 Å². The Labute approximate surface area is 117 Å². The van der Waals surface area contributed by atoms with Gasteiger partial charge >= 0.3 is 18.0 Å². The first-order valence-corrected chi connectivity index (χ1v) is 5.74. The van der Waals surface area contributed by atoms with Crippen molar-refractivity contribution in [3.63, 3.8) is 0 Å². The van der Waals surface area contributed by atoms with E-state index in [0.717, 1.165) is 6.07 Å². The van der Waals surface area contributed by atoms with Gasteiger partial charge in [0.1, 0.15) is 5.82 Å². The molecule has 0 saturated carbocycles. The van der Waals surface area contributed by atoms with Gasteiger partial charge in [-0.2, -0.15) is 13.2 Å². The number of nitrogens with one attached hydrogen (secondary N) is 2. The van der Waals surface area contributed by atoms with E-state index in [1.54, 1.807) is 0 Å². The largest absolute Gasteiger partial charge is 0.419 e. The Kier molecular flexibility index (Phi) is 5.25. The SMILES string of the molecule is CC(CO)NC(=O)C(=O)Nc1ccc(F)c(C(F)(F)F)c1. The van der Waals surface area contributed by atoms with E-state index >= 15 is 0 Å². The van der Waals surface area contributed by atoms with Crippen LogP contribution in [0.2, 0.25) is 0 Å². The Hall–Kier alpha value is -2.16. The third-order valence-electron chi connectivity index (χ3n) is 2.39. The predicted molar refractivity (Wildman–Crippen MR) is 64.7 cm³/mol. The summed E-state index contributed by atoms with van der Waals surface area (Å²) in [6.07, 6.45) is -4.92. The minimum absolute atomic E-state index is 0.375. The first-order chi connectivity index (χ1) is 9.65. The molecule has 0 radical (unpaired) electrons. The van der Waals surface area contributed by atoms with Gasteiger partial charge in [0.2, 0.25) is 0 Å². The number of rotatable bonds is 3. The van der Waals surface area contributed by atoms with Crippen molar-refractivity contribution in [2.24, 2.45) is 0 Å². The van der Waals surface area contributed by atoms with E-state index in [9.17, 15) is 27.2 Å². The first kappa shape index (κ1) is 16.9. The second-order valence-corrected chi connectivity index (χ2v) is 4.20. The fourth-order valence-corrected chi connectivity index (χ4v) is 1.34. The summed E-state index contributed by atoms with van der Waals surface area (Å²) in [4.78, 5) is 22.8. The van der Waals surface area contributed by atoms with Gasteiger partial charge in [0.15, 0.2) is 0 Å². The molecule has 21 heavy (non-hydrogen) atoms. The maximum Gasteiger partial charge on any atom is 0.419 e. The zero-order valence-electron chi connectivity index (χ0n) is 10.8. The number of carbonyl (C=O) groups is 2. The summed E-state index contributed by atoms with van der Waals surface area (Å²) >= 11 is 0. The number of aliphatic hydroxyl groups excluding tert-OH is 1. The fourth-order valence-electron chi connectivity index (χ4n) is 1.34. The first-order valence-electron chi connectivity index (χ1n) is 5.74. The van der Waals surface area contributed by atoms with Crippen LogP contribution in [0.15, 0.2) is 18.2 Å². The summed E-state index contributed by atoms with van der Waals surface area (Å²) in [6, 6.07) is 1.12. The van der Waals surface area contributed by atoms with Gasteiger partial charge in [-0.1, -0.05) is 0 Å². The van der Waals surface area contributed by atoms with Gasteiger partial charge in [-0.25, -0.2) is 4.39 Å². The number of halogens is 4. The lowest BCUT2D eigenvalue weighted by molar-refractivity contribution is -0.140. The molecule has 0 spiro atoms. The van der Waals surface area contributed by atoms with Gasteiger partial charge in [0.25, 0.3) is 0 Å². The summed E-state index contributed by atoms with van der Waals surface area (Å²) in [5, 5.41) is 12.7. The van der Waals surface area contributed by atoms with Crippen LogP contribution in [0.5, 0.6) is 0 Å². The average molecular weight is 308 g/mol. The van der Waals surface area contributed by atoms with Crippen LogP contribution in [-0.2, 0) is 15.8 Å². The van der Waals surface area contributed by atoms with E-state index in [4.69, 9.17) is 5.11 Å². The maximum absolute atomic E-state index is 13.0. The molecule has 0 aliphatic carbocycles. The highest BCUT2D eigenvalue weighted by Crippen LogP contribution is 2.32. The Morgan fingerprint density at radius 2 is 1.90 bits per heavy atom. The zero-order chi connectivity index (χ0) is 16.2. The van der Waals surface area contributed by atoms with Gasteiger partial charge in [-0.05, 0) is 25.1 Å². The Balaban J connectivity index is 2.84. The van der Waals surface area contributed by atoms with E-state index < -0.39 is 42.0 Å². The van der Waals surface area contributed by atoms with Gasteiger partial charge in [-0.15, -0.1) is 0 Å². The van der Waals surface area contributed by atoms with Gasteiger partial charge < -0.3 is 15.7 Å². The summed E-state index contributed by atoms with van der Waals surface area (Å²) in [5.74, 6) is -3.84. The molecule has 0 aliphatic heterocycles. The number of alkyl halides is 3. The number of anilines is 1. The molecule has 1 aromatic carbocycles. The summed E-state index contributed by atoms with van der Waals surface area (Å²) in [5.41, 5.74) is -1.93. The van der Waals surface area contributed by atoms with Crippen molar-refractivity contribution in [2.45, 2.75) is 19.1 Å². The summed E-state index contributed by atoms with van der Waals surface area (Å²) in [6.45, 7) is 1.01. The second-order valence-electron chi connectivity index (χ2n) is 4.20. The smallest absolute Gasteiger partial charge is 0.394 e. The lowest BCUT2D eigenvalue weighted by Gasteiger charge is -2.12. The molecule has 1 rings (SSSR count). The van der Waals surface area contributed by atoms with Crippen LogP contribution in [0.25, 0.3) is 0 Å². The highest BCUT2D eigenvalue weighted by molar-refractivity contribution is 6.39. The highest BCUT2D eigenvalue weighted by Gasteiger charge is 2.34. The van der Waals surface area contributed by atoms with E-state index in [1.807, 2.05) is 5.32 Å². The van der Waals surface area contributed by atoms with Crippen molar-refractivity contribution in [1.29, 1.82) is 0 Å². The molecule has 1 unspecified atom stereocenters. The fraction of sp³-hybridized carbons (Fsp3) is 0.333. The molecular formula is C12H12F4N2O3. The van der Waals surface area contributed by atoms with Crippen LogP contribution >= 0.6 is 0 Å². The molecule has 1 atom stereocenters. The number of hydrogen-bond acceptors (Lipinski definition) is 3. The monoisotopic (exact) mass is 308 g/mol. The van der Waals surface area contributed by atoms with Crippen molar-refractivity contribution in [1.82, 2.24) is 5.32 Å². The Morgan fingerprint density at radius 3 is 2.43 bits per heavy atom. The standard InChI is InChI=1S/C12H12F4N2O3/c1-6(5-19)17-10(20)11(21)18-7-2-3-9(13)8(4-7)12(14,15)16/h2-4,6,19H,5H2,1H3,(H,17,20)(H,18,21). The molecule has 0 aromatic heterocycles. The van der Waals surface area contributed by atoms with Crippen molar-refractivity contribution < 1.29 is 32.3 Å². The summed E-state index contributed by atoms with van der Waals surface area (Å²) < 4.78 is 50.5. The minimum Gasteiger partial charge on any atom is -0.394 e. The van der Waals surface area contributed by atoms with Crippen LogP contribution in [0, 0.1) is 5.82 Å². The van der Waals surface area contributed by atoms with Crippen LogP contribution in [0.3, 0.4) is 0 Å². The molecule has 2 amide bonds. The third kappa shape index (κ3) is 4.71. The second kappa shape index (κ2) is 6.53. The van der Waals surface area contributed by atoms with E-state index in [-0.39, 0.29) is 5.69 Å². The topological polar surface area (TPSA) is 78.4 Å². The number of aliphatic hydroxyl groups is 1. The lowest BCUT2D eigenvalue weighted by Crippen LogP contribution is -2.42. The van der Waals surface area contributed by atoms with Crippen molar-refractivity contribution in [3.05, 3.63) is 29.6 Å². The summed E-state index contributed by atoms with van der Waals surface area (Å²) in [7, 11) is 0.